The van der Waals surface area contributed by atoms with E-state index in [1.165, 1.54) is 22.2 Å². The second-order valence-electron chi connectivity index (χ2n) is 2.46. The minimum absolute atomic E-state index is 0.113. The lowest BCUT2D eigenvalue weighted by atomic mass is 10.5. The Hall–Kier alpha value is -1.83. The summed E-state index contributed by atoms with van der Waals surface area (Å²) < 4.78 is 1.29. The van der Waals surface area contributed by atoms with Crippen molar-refractivity contribution < 1.29 is 9.90 Å². The molecule has 0 spiro atoms. The summed E-state index contributed by atoms with van der Waals surface area (Å²) in [5.74, 6) is -1.11. The number of carboxylic acids is 1. The summed E-state index contributed by atoms with van der Waals surface area (Å²) in [7, 11) is 0. The maximum absolute atomic E-state index is 10.5. The van der Waals surface area contributed by atoms with Crippen LogP contribution < -0.4 is 0 Å². The zero-order chi connectivity index (χ0) is 10.1. The van der Waals surface area contributed by atoms with E-state index in [9.17, 15) is 4.79 Å². The minimum Gasteiger partial charge on any atom is -0.476 e. The van der Waals surface area contributed by atoms with E-state index in [1.807, 2.05) is 0 Å². The van der Waals surface area contributed by atoms with Crippen molar-refractivity contribution in [2.45, 2.75) is 6.92 Å². The summed E-state index contributed by atoms with van der Waals surface area (Å²) in [6, 6.07) is 0. The molecule has 0 radical (unpaired) electrons. The van der Waals surface area contributed by atoms with Gasteiger partial charge in [-0.1, -0.05) is 16.6 Å². The minimum atomic E-state index is -1.11. The van der Waals surface area contributed by atoms with Crippen molar-refractivity contribution in [3.05, 3.63) is 16.9 Å². The zero-order valence-corrected chi connectivity index (χ0v) is 7.89. The van der Waals surface area contributed by atoms with Gasteiger partial charge in [-0.25, -0.2) is 4.79 Å². The van der Waals surface area contributed by atoms with Crippen molar-refractivity contribution in [2.24, 2.45) is 0 Å². The SMILES string of the molecule is Cc1nnc(-n2cc(C(=O)O)nn2)s1. The van der Waals surface area contributed by atoms with Crippen molar-refractivity contribution >= 4 is 17.3 Å². The number of nitrogens with zero attached hydrogens (tertiary/aromatic N) is 5. The van der Waals surface area contributed by atoms with E-state index in [1.54, 1.807) is 6.92 Å². The van der Waals surface area contributed by atoms with Gasteiger partial charge >= 0.3 is 5.97 Å². The molecule has 2 aromatic heterocycles. The normalized spacial score (nSPS) is 10.4. The van der Waals surface area contributed by atoms with Gasteiger partial charge in [-0.05, 0) is 6.92 Å². The Balaban J connectivity index is 2.38. The van der Waals surface area contributed by atoms with Crippen LogP contribution in [-0.4, -0.2) is 36.3 Å². The molecule has 8 heteroatoms. The lowest BCUT2D eigenvalue weighted by Crippen LogP contribution is -1.95. The van der Waals surface area contributed by atoms with Crippen LogP contribution in [0.5, 0.6) is 0 Å². The van der Waals surface area contributed by atoms with Crippen LogP contribution in [0.4, 0.5) is 0 Å². The van der Waals surface area contributed by atoms with Gasteiger partial charge in [-0.3, -0.25) is 0 Å². The van der Waals surface area contributed by atoms with Crippen molar-refractivity contribution in [1.82, 2.24) is 25.2 Å². The molecule has 0 aliphatic rings. The first-order valence-corrected chi connectivity index (χ1v) is 4.44. The lowest BCUT2D eigenvalue weighted by Gasteiger charge is -1.87. The topological polar surface area (TPSA) is 93.8 Å². The Kier molecular flexibility index (Phi) is 1.97. The summed E-state index contributed by atoms with van der Waals surface area (Å²) in [6.45, 7) is 1.80. The number of rotatable bonds is 2. The highest BCUT2D eigenvalue weighted by Gasteiger charge is 2.11. The highest BCUT2D eigenvalue weighted by Crippen LogP contribution is 2.12. The van der Waals surface area contributed by atoms with Crippen LogP contribution in [0.2, 0.25) is 0 Å². The molecule has 0 aromatic carbocycles. The summed E-state index contributed by atoms with van der Waals surface area (Å²) in [4.78, 5) is 10.5. The Morgan fingerprint density at radius 2 is 2.29 bits per heavy atom. The van der Waals surface area contributed by atoms with Gasteiger partial charge in [-0.15, -0.1) is 15.3 Å². The van der Waals surface area contributed by atoms with Crippen LogP contribution in [0, 0.1) is 6.92 Å². The van der Waals surface area contributed by atoms with Gasteiger partial charge < -0.3 is 5.11 Å². The third-order valence-electron chi connectivity index (χ3n) is 1.42. The molecule has 0 aliphatic heterocycles. The van der Waals surface area contributed by atoms with E-state index in [0.717, 1.165) is 5.01 Å². The number of carboxylic acid groups (broad SMARTS) is 1. The van der Waals surface area contributed by atoms with Crippen LogP contribution in [0.1, 0.15) is 15.5 Å². The van der Waals surface area contributed by atoms with Crippen molar-refractivity contribution in [1.29, 1.82) is 0 Å². The standard InChI is InChI=1S/C6H5N5O2S/c1-3-7-9-6(14-3)11-2-4(5(12)13)8-10-11/h2H,1H3,(H,12,13). The van der Waals surface area contributed by atoms with Gasteiger partial charge in [0.2, 0.25) is 5.13 Å². The molecule has 2 heterocycles. The van der Waals surface area contributed by atoms with Crippen LogP contribution in [-0.2, 0) is 0 Å². The van der Waals surface area contributed by atoms with Crippen LogP contribution >= 0.6 is 11.3 Å². The van der Waals surface area contributed by atoms with E-state index in [0.29, 0.717) is 5.13 Å². The summed E-state index contributed by atoms with van der Waals surface area (Å²) in [6.07, 6.45) is 1.29. The average Bonchev–Trinajstić information content (AvgIpc) is 2.70. The zero-order valence-electron chi connectivity index (χ0n) is 7.08. The van der Waals surface area contributed by atoms with Crippen LogP contribution in [0.3, 0.4) is 0 Å². The van der Waals surface area contributed by atoms with Crippen molar-refractivity contribution in [3.63, 3.8) is 0 Å². The summed E-state index contributed by atoms with van der Waals surface area (Å²) >= 11 is 1.31. The molecule has 0 amide bonds. The quantitative estimate of drug-likeness (QED) is 0.758. The highest BCUT2D eigenvalue weighted by molar-refractivity contribution is 7.13. The predicted molar refractivity (Wildman–Crippen MR) is 46.5 cm³/mol. The third kappa shape index (κ3) is 1.46. The first-order chi connectivity index (χ1) is 6.66. The van der Waals surface area contributed by atoms with E-state index >= 15 is 0 Å². The number of carbonyl (C=O) groups is 1. The summed E-state index contributed by atoms with van der Waals surface area (Å²) in [5.41, 5.74) is -0.113. The van der Waals surface area contributed by atoms with Crippen LogP contribution in [0.25, 0.3) is 5.13 Å². The molecule has 0 atom stereocenters. The van der Waals surface area contributed by atoms with Crippen molar-refractivity contribution in [3.8, 4) is 5.13 Å². The molecule has 0 saturated heterocycles. The molecule has 0 fully saturated rings. The number of hydrogen-bond acceptors (Lipinski definition) is 6. The van der Waals surface area contributed by atoms with Gasteiger partial charge in [-0.2, -0.15) is 4.68 Å². The fourth-order valence-corrected chi connectivity index (χ4v) is 1.44. The van der Waals surface area contributed by atoms with Gasteiger partial charge in [0.1, 0.15) is 5.01 Å². The molecule has 0 unspecified atom stereocenters. The highest BCUT2D eigenvalue weighted by atomic mass is 32.1. The third-order valence-corrected chi connectivity index (χ3v) is 2.25. The van der Waals surface area contributed by atoms with Gasteiger partial charge in [0.15, 0.2) is 5.69 Å². The first kappa shape index (κ1) is 8.75. The predicted octanol–water partition coefficient (Wildman–Crippen LogP) is 0.125. The van der Waals surface area contributed by atoms with E-state index in [4.69, 9.17) is 5.11 Å². The average molecular weight is 211 g/mol. The molecular formula is C6H5N5O2S. The van der Waals surface area contributed by atoms with Gasteiger partial charge in [0.05, 0.1) is 6.20 Å². The first-order valence-electron chi connectivity index (χ1n) is 3.63. The van der Waals surface area contributed by atoms with Gasteiger partial charge in [0.25, 0.3) is 0 Å². The molecular weight excluding hydrogens is 206 g/mol. The number of aryl methyl sites for hydroxylation is 1. The smallest absolute Gasteiger partial charge is 0.358 e. The number of aromatic carboxylic acids is 1. The monoisotopic (exact) mass is 211 g/mol. The molecule has 7 nitrogen and oxygen atoms in total. The molecule has 1 N–H and O–H groups in total. The molecule has 0 saturated carbocycles. The largest absolute Gasteiger partial charge is 0.476 e. The van der Waals surface area contributed by atoms with E-state index < -0.39 is 5.97 Å². The molecule has 14 heavy (non-hydrogen) atoms. The Morgan fingerprint density at radius 1 is 1.50 bits per heavy atom. The number of aromatic nitrogens is 5. The van der Waals surface area contributed by atoms with E-state index in [2.05, 4.69) is 20.5 Å². The van der Waals surface area contributed by atoms with Gasteiger partial charge in [0, 0.05) is 0 Å². The Morgan fingerprint density at radius 3 is 2.79 bits per heavy atom. The van der Waals surface area contributed by atoms with E-state index in [-0.39, 0.29) is 5.69 Å². The fraction of sp³-hybridized carbons (Fsp3) is 0.167. The van der Waals surface area contributed by atoms with Crippen molar-refractivity contribution in [2.75, 3.05) is 0 Å². The molecule has 0 bridgehead atoms. The number of hydrogen-bond donors (Lipinski definition) is 1. The second-order valence-corrected chi connectivity index (χ2v) is 3.62. The molecule has 2 aromatic rings. The maximum atomic E-state index is 10.5. The molecule has 0 aliphatic carbocycles. The second kappa shape index (κ2) is 3.14. The Bertz CT molecular complexity index is 476. The lowest BCUT2D eigenvalue weighted by molar-refractivity contribution is 0.0690. The molecule has 2 rings (SSSR count). The summed E-state index contributed by atoms with van der Waals surface area (Å²) in [5, 5.41) is 24.5. The Labute approximate surface area is 82.0 Å². The fourth-order valence-electron chi connectivity index (χ4n) is 0.834. The maximum Gasteiger partial charge on any atom is 0.358 e. The van der Waals surface area contributed by atoms with Crippen LogP contribution in [0.15, 0.2) is 6.20 Å². The molecule has 72 valence electrons.